The molecule has 0 bridgehead atoms. The number of esters is 1. The van der Waals surface area contributed by atoms with E-state index in [-0.39, 0.29) is 12.1 Å². The van der Waals surface area contributed by atoms with Crippen LogP contribution < -0.4 is 0 Å². The van der Waals surface area contributed by atoms with Crippen LogP contribution in [0.4, 0.5) is 0 Å². The second kappa shape index (κ2) is 3.96. The molecule has 0 unspecified atom stereocenters. The van der Waals surface area contributed by atoms with Crippen molar-refractivity contribution in [1.29, 1.82) is 0 Å². The van der Waals surface area contributed by atoms with Crippen LogP contribution in [0, 0.1) is 0 Å². The standard InChI is InChI=1S/C11H16O3/c1-4-11(3,13)6-5-9-8(2)7-10(12)14-9/h4,7,9,13H,1,5-6H2,2-3H3/t9-,11-/m0/s1. The van der Waals surface area contributed by atoms with Gasteiger partial charge in [-0.2, -0.15) is 0 Å². The minimum atomic E-state index is -0.880. The average molecular weight is 196 g/mol. The van der Waals surface area contributed by atoms with Crippen LogP contribution in [-0.2, 0) is 9.53 Å². The topological polar surface area (TPSA) is 46.5 Å². The Hall–Kier alpha value is -1.09. The molecule has 0 radical (unpaired) electrons. The van der Waals surface area contributed by atoms with Crippen molar-refractivity contribution >= 4 is 5.97 Å². The van der Waals surface area contributed by atoms with E-state index in [1.807, 2.05) is 6.92 Å². The Kier molecular flexibility index (Phi) is 3.11. The Morgan fingerprint density at radius 3 is 2.86 bits per heavy atom. The maximum absolute atomic E-state index is 10.9. The van der Waals surface area contributed by atoms with Gasteiger partial charge in [-0.15, -0.1) is 6.58 Å². The lowest BCUT2D eigenvalue weighted by molar-refractivity contribution is -0.139. The van der Waals surface area contributed by atoms with Crippen LogP contribution in [0.15, 0.2) is 24.3 Å². The molecule has 0 fully saturated rings. The highest BCUT2D eigenvalue weighted by molar-refractivity contribution is 5.85. The third-order valence-electron chi connectivity index (χ3n) is 2.46. The number of carbonyl (C=O) groups excluding carboxylic acids is 1. The molecule has 0 aromatic heterocycles. The molecular weight excluding hydrogens is 180 g/mol. The van der Waals surface area contributed by atoms with Gasteiger partial charge >= 0.3 is 5.97 Å². The fraction of sp³-hybridized carbons (Fsp3) is 0.545. The summed E-state index contributed by atoms with van der Waals surface area (Å²) in [5.41, 5.74) is 0.0461. The molecule has 0 aliphatic carbocycles. The van der Waals surface area contributed by atoms with Gasteiger partial charge in [0.15, 0.2) is 0 Å². The van der Waals surface area contributed by atoms with Gasteiger partial charge in [0.2, 0.25) is 0 Å². The lowest BCUT2D eigenvalue weighted by Crippen LogP contribution is -2.23. The van der Waals surface area contributed by atoms with Crippen molar-refractivity contribution in [1.82, 2.24) is 0 Å². The van der Waals surface area contributed by atoms with Crippen LogP contribution >= 0.6 is 0 Å². The Bertz CT molecular complexity index is 276. The van der Waals surface area contributed by atoms with Crippen LogP contribution in [0.1, 0.15) is 26.7 Å². The molecule has 0 saturated carbocycles. The monoisotopic (exact) mass is 196 g/mol. The van der Waals surface area contributed by atoms with Crippen molar-refractivity contribution < 1.29 is 14.6 Å². The van der Waals surface area contributed by atoms with Crippen molar-refractivity contribution in [3.8, 4) is 0 Å². The van der Waals surface area contributed by atoms with E-state index < -0.39 is 5.60 Å². The van der Waals surface area contributed by atoms with E-state index in [2.05, 4.69) is 6.58 Å². The molecule has 3 heteroatoms. The van der Waals surface area contributed by atoms with Crippen molar-refractivity contribution in [2.75, 3.05) is 0 Å². The number of hydrogen-bond acceptors (Lipinski definition) is 3. The largest absolute Gasteiger partial charge is 0.455 e. The zero-order chi connectivity index (χ0) is 10.8. The van der Waals surface area contributed by atoms with Crippen molar-refractivity contribution in [2.45, 2.75) is 38.4 Å². The lowest BCUT2D eigenvalue weighted by atomic mass is 9.96. The molecule has 1 aliphatic heterocycles. The van der Waals surface area contributed by atoms with E-state index in [4.69, 9.17) is 4.74 Å². The smallest absolute Gasteiger partial charge is 0.331 e. The van der Waals surface area contributed by atoms with Gasteiger partial charge in [-0.05, 0) is 32.3 Å². The van der Waals surface area contributed by atoms with Crippen molar-refractivity contribution in [3.05, 3.63) is 24.3 Å². The van der Waals surface area contributed by atoms with Gasteiger partial charge in [0.25, 0.3) is 0 Å². The second-order valence-electron chi connectivity index (χ2n) is 3.91. The van der Waals surface area contributed by atoms with Crippen LogP contribution in [0.2, 0.25) is 0 Å². The minimum Gasteiger partial charge on any atom is -0.455 e. The predicted molar refractivity (Wildman–Crippen MR) is 53.7 cm³/mol. The van der Waals surface area contributed by atoms with E-state index >= 15 is 0 Å². The summed E-state index contributed by atoms with van der Waals surface area (Å²) < 4.78 is 5.04. The molecule has 0 amide bonds. The first kappa shape index (κ1) is 11.0. The van der Waals surface area contributed by atoms with Crippen LogP contribution in [0.25, 0.3) is 0 Å². The number of ether oxygens (including phenoxy) is 1. The van der Waals surface area contributed by atoms with Gasteiger partial charge in [0, 0.05) is 6.08 Å². The minimum absolute atomic E-state index is 0.172. The van der Waals surface area contributed by atoms with Gasteiger partial charge in [0.1, 0.15) is 6.10 Å². The van der Waals surface area contributed by atoms with E-state index in [9.17, 15) is 9.90 Å². The number of aliphatic hydroxyl groups is 1. The summed E-state index contributed by atoms with van der Waals surface area (Å²) in [4.78, 5) is 10.9. The average Bonchev–Trinajstić information content (AvgIpc) is 2.42. The summed E-state index contributed by atoms with van der Waals surface area (Å²) in [6.07, 6.45) is 4.00. The Morgan fingerprint density at radius 1 is 1.79 bits per heavy atom. The molecule has 2 atom stereocenters. The maximum atomic E-state index is 10.9. The zero-order valence-corrected chi connectivity index (χ0v) is 8.62. The lowest BCUT2D eigenvalue weighted by Gasteiger charge is -2.20. The van der Waals surface area contributed by atoms with Gasteiger partial charge in [-0.3, -0.25) is 0 Å². The highest BCUT2D eigenvalue weighted by atomic mass is 16.5. The van der Waals surface area contributed by atoms with Crippen molar-refractivity contribution in [3.63, 3.8) is 0 Å². The second-order valence-corrected chi connectivity index (χ2v) is 3.91. The molecule has 14 heavy (non-hydrogen) atoms. The summed E-state index contributed by atoms with van der Waals surface area (Å²) in [6.45, 7) is 7.09. The van der Waals surface area contributed by atoms with E-state index in [0.717, 1.165) is 5.57 Å². The molecule has 1 heterocycles. The molecule has 78 valence electrons. The van der Waals surface area contributed by atoms with Crippen LogP contribution in [0.5, 0.6) is 0 Å². The van der Waals surface area contributed by atoms with Crippen LogP contribution in [0.3, 0.4) is 0 Å². The fourth-order valence-corrected chi connectivity index (χ4v) is 1.36. The Labute approximate surface area is 84.1 Å². The number of cyclic esters (lactones) is 1. The summed E-state index contributed by atoms with van der Waals surface area (Å²) in [6, 6.07) is 0. The summed E-state index contributed by atoms with van der Waals surface area (Å²) in [5.74, 6) is -0.286. The van der Waals surface area contributed by atoms with E-state index in [0.29, 0.717) is 12.8 Å². The number of carbonyl (C=O) groups is 1. The Morgan fingerprint density at radius 2 is 2.43 bits per heavy atom. The van der Waals surface area contributed by atoms with Crippen molar-refractivity contribution in [2.24, 2.45) is 0 Å². The first-order valence-corrected chi connectivity index (χ1v) is 4.69. The summed E-state index contributed by atoms with van der Waals surface area (Å²) >= 11 is 0. The first-order chi connectivity index (χ1) is 6.44. The zero-order valence-electron chi connectivity index (χ0n) is 8.62. The molecule has 1 rings (SSSR count). The SMILES string of the molecule is C=C[C@](C)(O)CC[C@@H]1OC(=O)C=C1C. The third kappa shape index (κ3) is 2.70. The third-order valence-corrected chi connectivity index (χ3v) is 2.46. The molecule has 1 N–H and O–H groups in total. The highest BCUT2D eigenvalue weighted by Gasteiger charge is 2.25. The molecule has 0 spiro atoms. The molecule has 3 nitrogen and oxygen atoms in total. The van der Waals surface area contributed by atoms with Gasteiger partial charge < -0.3 is 9.84 Å². The maximum Gasteiger partial charge on any atom is 0.331 e. The normalized spacial score (nSPS) is 25.2. The van der Waals surface area contributed by atoms with Gasteiger partial charge in [-0.1, -0.05) is 6.08 Å². The number of rotatable bonds is 4. The predicted octanol–water partition coefficient (Wildman–Crippen LogP) is 1.58. The van der Waals surface area contributed by atoms with Gasteiger partial charge in [-0.25, -0.2) is 4.79 Å². The number of hydrogen-bond donors (Lipinski definition) is 1. The molecule has 0 aromatic rings. The van der Waals surface area contributed by atoms with E-state index in [1.54, 1.807) is 6.92 Å². The summed E-state index contributed by atoms with van der Waals surface area (Å²) in [7, 11) is 0. The Balaban J connectivity index is 2.44. The van der Waals surface area contributed by atoms with Crippen LogP contribution in [-0.4, -0.2) is 22.8 Å². The highest BCUT2D eigenvalue weighted by Crippen LogP contribution is 2.23. The quantitative estimate of drug-likeness (QED) is 0.548. The van der Waals surface area contributed by atoms with Gasteiger partial charge in [0.05, 0.1) is 5.60 Å². The molecule has 0 aromatic carbocycles. The first-order valence-electron chi connectivity index (χ1n) is 4.69. The molecular formula is C11H16O3. The van der Waals surface area contributed by atoms with E-state index in [1.165, 1.54) is 12.2 Å². The molecule has 0 saturated heterocycles. The molecule has 1 aliphatic rings. The fourth-order valence-electron chi connectivity index (χ4n) is 1.36. The summed E-state index contributed by atoms with van der Waals surface area (Å²) in [5, 5.41) is 9.66.